The highest BCUT2D eigenvalue weighted by Crippen LogP contribution is 2.14. The van der Waals surface area contributed by atoms with Crippen molar-refractivity contribution in [3.8, 4) is 0 Å². The number of nitrogens with zero attached hydrogens (tertiary/aromatic N) is 1. The van der Waals surface area contributed by atoms with Gasteiger partial charge in [-0.15, -0.1) is 11.3 Å². The van der Waals surface area contributed by atoms with E-state index in [4.69, 9.17) is 0 Å². The third-order valence-electron chi connectivity index (χ3n) is 2.16. The first-order valence-electron chi connectivity index (χ1n) is 5.11. The van der Waals surface area contributed by atoms with Gasteiger partial charge in [-0.2, -0.15) is 0 Å². The first-order chi connectivity index (χ1) is 8.18. The average molecular weight is 304 g/mol. The third kappa shape index (κ3) is 4.06. The van der Waals surface area contributed by atoms with E-state index in [1.807, 2.05) is 18.2 Å². The lowest BCUT2D eigenvalue weighted by Crippen LogP contribution is -3.00. The Balaban J connectivity index is 0.00000162. The van der Waals surface area contributed by atoms with Gasteiger partial charge in [-0.1, -0.05) is 12.1 Å². The van der Waals surface area contributed by atoms with Crippen molar-refractivity contribution in [3.05, 3.63) is 47.6 Å². The molecule has 7 heteroatoms. The quantitative estimate of drug-likeness (QED) is 0.744. The molecule has 98 valence electrons. The summed E-state index contributed by atoms with van der Waals surface area (Å²) in [5.41, 5.74) is 0.876. The molecule has 2 rings (SSSR count). The number of rotatable bonds is 5. The molecule has 4 nitrogen and oxygen atoms in total. The summed E-state index contributed by atoms with van der Waals surface area (Å²) in [6, 6.07) is 8.90. The second-order valence-corrected chi connectivity index (χ2v) is 6.34. The summed E-state index contributed by atoms with van der Waals surface area (Å²) in [5, 5.41) is 1.74. The molecule has 0 unspecified atom stereocenters. The number of nitrogens with one attached hydrogen (secondary N) is 1. The highest BCUT2D eigenvalue weighted by Gasteiger charge is 2.13. The van der Waals surface area contributed by atoms with Crippen molar-refractivity contribution in [2.24, 2.45) is 0 Å². The SMILES string of the molecule is O=S(=O)(NCCc1ccccn1)c1cccs1.[Cl-]. The maximum atomic E-state index is 11.8. The van der Waals surface area contributed by atoms with E-state index in [0.717, 1.165) is 5.69 Å². The van der Waals surface area contributed by atoms with Crippen molar-refractivity contribution < 1.29 is 20.8 Å². The summed E-state index contributed by atoms with van der Waals surface area (Å²) in [6.45, 7) is 0.358. The highest BCUT2D eigenvalue weighted by molar-refractivity contribution is 7.91. The van der Waals surface area contributed by atoms with E-state index >= 15 is 0 Å². The summed E-state index contributed by atoms with van der Waals surface area (Å²) in [7, 11) is -3.35. The first kappa shape index (κ1) is 15.1. The van der Waals surface area contributed by atoms with Crippen LogP contribution >= 0.6 is 11.3 Å². The van der Waals surface area contributed by atoms with Crippen molar-refractivity contribution in [3.63, 3.8) is 0 Å². The van der Waals surface area contributed by atoms with E-state index in [2.05, 4.69) is 9.71 Å². The van der Waals surface area contributed by atoms with E-state index in [1.54, 1.807) is 23.7 Å². The van der Waals surface area contributed by atoms with Gasteiger partial charge in [-0.3, -0.25) is 4.98 Å². The van der Waals surface area contributed by atoms with Crippen LogP contribution in [0.1, 0.15) is 5.69 Å². The van der Waals surface area contributed by atoms with Crippen LogP contribution in [0.15, 0.2) is 46.1 Å². The smallest absolute Gasteiger partial charge is 0.250 e. The molecule has 0 saturated heterocycles. The molecule has 0 amide bonds. The van der Waals surface area contributed by atoms with E-state index in [1.165, 1.54) is 11.3 Å². The van der Waals surface area contributed by atoms with Crippen LogP contribution in [0, 0.1) is 0 Å². The molecule has 18 heavy (non-hydrogen) atoms. The summed E-state index contributed by atoms with van der Waals surface area (Å²) in [5.74, 6) is 0. The van der Waals surface area contributed by atoms with E-state index in [-0.39, 0.29) is 12.4 Å². The Kier molecular flexibility index (Phi) is 5.74. The summed E-state index contributed by atoms with van der Waals surface area (Å²) in [6.07, 6.45) is 2.29. The fourth-order valence-electron chi connectivity index (χ4n) is 1.35. The molecule has 0 atom stereocenters. The van der Waals surface area contributed by atoms with Crippen molar-refractivity contribution >= 4 is 21.4 Å². The van der Waals surface area contributed by atoms with Crippen molar-refractivity contribution in [1.82, 2.24) is 9.71 Å². The van der Waals surface area contributed by atoms with Crippen LogP contribution in [0.25, 0.3) is 0 Å². The van der Waals surface area contributed by atoms with Crippen molar-refractivity contribution in [2.45, 2.75) is 10.6 Å². The molecular weight excluding hydrogens is 292 g/mol. The van der Waals surface area contributed by atoms with E-state index < -0.39 is 10.0 Å². The second-order valence-electron chi connectivity index (χ2n) is 3.40. The Morgan fingerprint density at radius 2 is 2.06 bits per heavy atom. The number of hydrogen-bond donors (Lipinski definition) is 1. The molecule has 0 saturated carbocycles. The monoisotopic (exact) mass is 303 g/mol. The summed E-state index contributed by atoms with van der Waals surface area (Å²) >= 11 is 1.21. The topological polar surface area (TPSA) is 59.1 Å². The molecular formula is C11H12ClN2O2S2-. The van der Waals surface area contributed by atoms with Crippen LogP contribution in [0.4, 0.5) is 0 Å². The van der Waals surface area contributed by atoms with E-state index in [9.17, 15) is 8.42 Å². The largest absolute Gasteiger partial charge is 1.00 e. The van der Waals surface area contributed by atoms with Crippen LogP contribution in [0.3, 0.4) is 0 Å². The molecule has 2 heterocycles. The van der Waals surface area contributed by atoms with Gasteiger partial charge in [0.25, 0.3) is 0 Å². The Morgan fingerprint density at radius 3 is 2.67 bits per heavy atom. The molecule has 2 aromatic rings. The maximum absolute atomic E-state index is 11.8. The minimum atomic E-state index is -3.35. The molecule has 1 N–H and O–H groups in total. The van der Waals surface area contributed by atoms with Crippen molar-refractivity contribution in [2.75, 3.05) is 6.54 Å². The normalized spacial score (nSPS) is 10.9. The molecule has 0 spiro atoms. The fraction of sp³-hybridized carbons (Fsp3) is 0.182. The number of halogens is 1. The van der Waals surface area contributed by atoms with Gasteiger partial charge < -0.3 is 12.4 Å². The van der Waals surface area contributed by atoms with Crippen LogP contribution in [0.2, 0.25) is 0 Å². The maximum Gasteiger partial charge on any atom is 0.250 e. The zero-order valence-corrected chi connectivity index (χ0v) is 11.8. The lowest BCUT2D eigenvalue weighted by molar-refractivity contribution is -0.00000607. The van der Waals surface area contributed by atoms with E-state index in [0.29, 0.717) is 17.2 Å². The number of pyridine rings is 1. The molecule has 0 aliphatic rings. The number of hydrogen-bond acceptors (Lipinski definition) is 4. The third-order valence-corrected chi connectivity index (χ3v) is 5.02. The molecule has 0 aliphatic heterocycles. The number of thiophene rings is 1. The standard InChI is InChI=1S/C11H12N2O2S2.ClH/c14-17(15,11-5-3-9-16-11)13-8-6-10-4-1-2-7-12-10;/h1-5,7,9,13H,6,8H2;1H/p-1. The minimum Gasteiger partial charge on any atom is -1.00 e. The molecule has 0 aliphatic carbocycles. The Morgan fingerprint density at radius 1 is 1.22 bits per heavy atom. The van der Waals surface area contributed by atoms with Gasteiger partial charge in [0.05, 0.1) is 0 Å². The van der Waals surface area contributed by atoms with Gasteiger partial charge >= 0.3 is 0 Å². The van der Waals surface area contributed by atoms with Crippen LogP contribution in [0.5, 0.6) is 0 Å². The number of sulfonamides is 1. The van der Waals surface area contributed by atoms with Crippen LogP contribution < -0.4 is 17.1 Å². The Labute approximate surface area is 117 Å². The van der Waals surface area contributed by atoms with Gasteiger partial charge in [0.1, 0.15) is 4.21 Å². The summed E-state index contributed by atoms with van der Waals surface area (Å²) in [4.78, 5) is 4.13. The Hall–Kier alpha value is -0.950. The number of aromatic nitrogens is 1. The first-order valence-corrected chi connectivity index (χ1v) is 7.48. The molecule has 0 bridgehead atoms. The predicted molar refractivity (Wildman–Crippen MR) is 67.4 cm³/mol. The zero-order valence-electron chi connectivity index (χ0n) is 9.41. The minimum absolute atomic E-state index is 0. The van der Waals surface area contributed by atoms with Gasteiger partial charge in [0, 0.05) is 24.9 Å². The average Bonchev–Trinajstić information content (AvgIpc) is 2.84. The van der Waals surface area contributed by atoms with Gasteiger partial charge in [-0.25, -0.2) is 13.1 Å². The lowest BCUT2D eigenvalue weighted by Gasteiger charge is -2.04. The fourth-order valence-corrected chi connectivity index (χ4v) is 3.42. The molecule has 2 aromatic heterocycles. The van der Waals surface area contributed by atoms with Gasteiger partial charge in [-0.05, 0) is 23.6 Å². The van der Waals surface area contributed by atoms with Crippen LogP contribution in [-0.4, -0.2) is 19.9 Å². The Bertz CT molecular complexity index is 556. The van der Waals surface area contributed by atoms with Gasteiger partial charge in [0.15, 0.2) is 0 Å². The molecule has 0 radical (unpaired) electrons. The lowest BCUT2D eigenvalue weighted by atomic mass is 10.3. The second kappa shape index (κ2) is 6.84. The van der Waals surface area contributed by atoms with Gasteiger partial charge in [0.2, 0.25) is 10.0 Å². The zero-order chi connectivity index (χ0) is 12.1. The summed E-state index contributed by atoms with van der Waals surface area (Å²) < 4.78 is 26.4. The highest BCUT2D eigenvalue weighted by atomic mass is 35.5. The molecule has 0 aromatic carbocycles. The molecule has 0 fully saturated rings. The van der Waals surface area contributed by atoms with Crippen LogP contribution in [-0.2, 0) is 16.4 Å². The van der Waals surface area contributed by atoms with Crippen molar-refractivity contribution in [1.29, 1.82) is 0 Å². The predicted octanol–water partition coefficient (Wildman–Crippen LogP) is -1.33.